The van der Waals surface area contributed by atoms with Gasteiger partial charge in [-0.2, -0.15) is 0 Å². The summed E-state index contributed by atoms with van der Waals surface area (Å²) < 4.78 is 11.5. The third kappa shape index (κ3) is 2.89. The number of rotatable bonds is 5. The molecule has 2 unspecified atom stereocenters. The van der Waals surface area contributed by atoms with Crippen molar-refractivity contribution in [1.29, 1.82) is 0 Å². The van der Waals surface area contributed by atoms with E-state index in [-0.39, 0.29) is 17.9 Å². The van der Waals surface area contributed by atoms with Gasteiger partial charge in [-0.1, -0.05) is 12.2 Å². The lowest BCUT2D eigenvalue weighted by atomic mass is 9.76. The van der Waals surface area contributed by atoms with E-state index in [1.54, 1.807) is 9.80 Å². The second kappa shape index (κ2) is 6.79. The number of carbonyl (C=O) groups is 3. The molecule has 0 aromatic rings. The average Bonchev–Trinajstić information content (AvgIpc) is 3.30. The van der Waals surface area contributed by atoms with Crippen LogP contribution >= 0.6 is 0 Å². The molecule has 4 atom stereocenters. The molecule has 148 valence electrons. The third-order valence-electron chi connectivity index (χ3n) is 6.08. The molecule has 0 aliphatic carbocycles. The van der Waals surface area contributed by atoms with Crippen LogP contribution in [-0.2, 0) is 19.1 Å². The largest absolute Gasteiger partial charge is 0.380 e. The number of piperazine rings is 1. The van der Waals surface area contributed by atoms with Gasteiger partial charge in [0, 0.05) is 39.3 Å². The summed E-state index contributed by atoms with van der Waals surface area (Å²) >= 11 is 0. The molecule has 4 rings (SSSR count). The van der Waals surface area contributed by atoms with Gasteiger partial charge in [0.15, 0.2) is 0 Å². The fourth-order valence-corrected chi connectivity index (χ4v) is 4.73. The Hall–Kier alpha value is -2.13. The summed E-state index contributed by atoms with van der Waals surface area (Å²) in [5, 5.41) is 0. The summed E-state index contributed by atoms with van der Waals surface area (Å²) in [6.45, 7) is 5.66. The van der Waals surface area contributed by atoms with Gasteiger partial charge in [0.1, 0.15) is 5.60 Å². The van der Waals surface area contributed by atoms with E-state index >= 15 is 0 Å². The van der Waals surface area contributed by atoms with Crippen molar-refractivity contribution in [1.82, 2.24) is 14.7 Å². The maximum absolute atomic E-state index is 13.2. The number of amides is 4. The Bertz CT molecular complexity index is 675. The Morgan fingerprint density at radius 2 is 2.00 bits per heavy atom. The summed E-state index contributed by atoms with van der Waals surface area (Å²) in [6, 6.07) is -0.469. The van der Waals surface area contributed by atoms with E-state index in [9.17, 15) is 14.4 Å². The third-order valence-corrected chi connectivity index (χ3v) is 6.08. The molecule has 4 aliphatic heterocycles. The van der Waals surface area contributed by atoms with Crippen molar-refractivity contribution in [2.24, 2.45) is 17.6 Å². The van der Waals surface area contributed by atoms with Crippen LogP contribution in [0.2, 0.25) is 0 Å². The minimum atomic E-state index is -0.691. The molecule has 2 bridgehead atoms. The van der Waals surface area contributed by atoms with Crippen LogP contribution in [0.25, 0.3) is 0 Å². The van der Waals surface area contributed by atoms with E-state index in [0.717, 1.165) is 0 Å². The second-order valence-electron chi connectivity index (χ2n) is 7.51. The van der Waals surface area contributed by atoms with Crippen LogP contribution in [0.5, 0.6) is 0 Å². The number of carbonyl (C=O) groups excluding carboxylic acids is 3. The first-order valence-corrected chi connectivity index (χ1v) is 9.54. The van der Waals surface area contributed by atoms with Gasteiger partial charge in [-0.3, -0.25) is 9.59 Å². The van der Waals surface area contributed by atoms with Crippen molar-refractivity contribution < 1.29 is 23.9 Å². The quantitative estimate of drug-likeness (QED) is 0.489. The first-order chi connectivity index (χ1) is 13.0. The highest BCUT2D eigenvalue weighted by molar-refractivity contribution is 5.93. The first-order valence-electron chi connectivity index (χ1n) is 9.54. The fraction of sp³-hybridized carbons (Fsp3) is 0.722. The molecule has 0 saturated carbocycles. The van der Waals surface area contributed by atoms with Crippen LogP contribution in [0.4, 0.5) is 4.79 Å². The molecule has 9 nitrogen and oxygen atoms in total. The monoisotopic (exact) mass is 378 g/mol. The average molecular weight is 378 g/mol. The summed E-state index contributed by atoms with van der Waals surface area (Å²) in [7, 11) is 0. The van der Waals surface area contributed by atoms with E-state index in [1.165, 1.54) is 4.90 Å². The number of primary amides is 1. The highest BCUT2D eigenvalue weighted by atomic mass is 16.5. The SMILES string of the molecule is CCOCCN1C[C@]23C=C[C@H](O2)C(C(=O)N2CCN(C(N)=O)CC2)C3C1=O. The van der Waals surface area contributed by atoms with Gasteiger partial charge in [0.2, 0.25) is 11.8 Å². The Morgan fingerprint density at radius 3 is 2.67 bits per heavy atom. The van der Waals surface area contributed by atoms with Crippen molar-refractivity contribution in [3.05, 3.63) is 12.2 Å². The number of nitrogens with zero attached hydrogens (tertiary/aromatic N) is 3. The summed E-state index contributed by atoms with van der Waals surface area (Å²) in [6.07, 6.45) is 3.52. The summed E-state index contributed by atoms with van der Waals surface area (Å²) in [4.78, 5) is 42.5. The van der Waals surface area contributed by atoms with E-state index < -0.39 is 23.5 Å². The molecular weight excluding hydrogens is 352 g/mol. The van der Waals surface area contributed by atoms with E-state index in [4.69, 9.17) is 15.2 Å². The summed E-state index contributed by atoms with van der Waals surface area (Å²) in [5.74, 6) is -1.08. The van der Waals surface area contributed by atoms with E-state index in [1.807, 2.05) is 19.1 Å². The number of hydrogen-bond donors (Lipinski definition) is 1. The highest BCUT2D eigenvalue weighted by Crippen LogP contribution is 2.52. The molecule has 3 fully saturated rings. The molecule has 2 N–H and O–H groups in total. The Labute approximate surface area is 158 Å². The molecule has 0 radical (unpaired) electrons. The van der Waals surface area contributed by atoms with Crippen LogP contribution in [0.1, 0.15) is 6.92 Å². The van der Waals surface area contributed by atoms with Crippen LogP contribution in [0.15, 0.2) is 12.2 Å². The number of nitrogens with two attached hydrogens (primary N) is 1. The molecule has 27 heavy (non-hydrogen) atoms. The van der Waals surface area contributed by atoms with Crippen LogP contribution in [-0.4, -0.2) is 96.7 Å². The lowest BCUT2D eigenvalue weighted by molar-refractivity contribution is -0.144. The number of ether oxygens (including phenoxy) is 2. The fourth-order valence-electron chi connectivity index (χ4n) is 4.73. The first kappa shape index (κ1) is 18.2. The predicted octanol–water partition coefficient (Wildman–Crippen LogP) is -0.972. The molecular formula is C18H26N4O5. The van der Waals surface area contributed by atoms with Gasteiger partial charge in [-0.15, -0.1) is 0 Å². The van der Waals surface area contributed by atoms with Crippen molar-refractivity contribution in [2.45, 2.75) is 18.6 Å². The van der Waals surface area contributed by atoms with Crippen LogP contribution in [0.3, 0.4) is 0 Å². The topological polar surface area (TPSA) is 105 Å². The number of urea groups is 1. The molecule has 4 aliphatic rings. The normalized spacial score (nSPS) is 34.5. The standard InChI is InChI=1S/C18H26N4O5/c1-2-26-10-9-22-11-18-4-3-12(27-18)13(14(18)16(22)24)15(23)20-5-7-21(8-6-20)17(19)25/h3-4,12-14H,2,5-11H2,1H3,(H2,19,25)/t12-,13?,14?,18-/m0/s1. The zero-order chi connectivity index (χ0) is 19.2. The molecule has 0 aromatic carbocycles. The van der Waals surface area contributed by atoms with Gasteiger partial charge >= 0.3 is 6.03 Å². The van der Waals surface area contributed by atoms with Crippen molar-refractivity contribution in [3.8, 4) is 0 Å². The van der Waals surface area contributed by atoms with Gasteiger partial charge < -0.3 is 29.9 Å². The molecule has 0 aromatic heterocycles. The second-order valence-corrected chi connectivity index (χ2v) is 7.51. The minimum Gasteiger partial charge on any atom is -0.380 e. The smallest absolute Gasteiger partial charge is 0.314 e. The van der Waals surface area contributed by atoms with Crippen molar-refractivity contribution >= 4 is 17.8 Å². The van der Waals surface area contributed by atoms with Crippen LogP contribution < -0.4 is 5.73 Å². The number of fused-ring (bicyclic) bond motifs is 1. The predicted molar refractivity (Wildman–Crippen MR) is 94.5 cm³/mol. The Kier molecular flexibility index (Phi) is 4.59. The number of likely N-dealkylation sites (tertiary alicyclic amines) is 1. The molecule has 1 spiro atoms. The Balaban J connectivity index is 1.46. The van der Waals surface area contributed by atoms with Gasteiger partial charge in [0.25, 0.3) is 0 Å². The van der Waals surface area contributed by atoms with Gasteiger partial charge in [-0.05, 0) is 6.92 Å². The Morgan fingerprint density at radius 1 is 1.30 bits per heavy atom. The molecule has 4 heterocycles. The summed E-state index contributed by atoms with van der Waals surface area (Å²) in [5.41, 5.74) is 4.62. The molecule has 4 amide bonds. The lowest BCUT2D eigenvalue weighted by Crippen LogP contribution is -2.55. The van der Waals surface area contributed by atoms with Crippen molar-refractivity contribution in [2.75, 3.05) is 52.5 Å². The number of hydrogen-bond acceptors (Lipinski definition) is 5. The van der Waals surface area contributed by atoms with Gasteiger partial charge in [0.05, 0.1) is 31.1 Å². The zero-order valence-electron chi connectivity index (χ0n) is 15.5. The zero-order valence-corrected chi connectivity index (χ0v) is 15.5. The van der Waals surface area contributed by atoms with Crippen molar-refractivity contribution in [3.63, 3.8) is 0 Å². The van der Waals surface area contributed by atoms with Gasteiger partial charge in [-0.25, -0.2) is 4.79 Å². The molecule has 3 saturated heterocycles. The van der Waals surface area contributed by atoms with E-state index in [0.29, 0.717) is 52.5 Å². The highest BCUT2D eigenvalue weighted by Gasteiger charge is 2.67. The molecule has 9 heteroatoms. The minimum absolute atomic E-state index is 0.0318. The maximum atomic E-state index is 13.2. The van der Waals surface area contributed by atoms with E-state index in [2.05, 4.69) is 0 Å². The lowest BCUT2D eigenvalue weighted by Gasteiger charge is -2.36. The maximum Gasteiger partial charge on any atom is 0.314 e. The van der Waals surface area contributed by atoms with Crippen LogP contribution in [0, 0.1) is 11.8 Å².